The van der Waals surface area contributed by atoms with Crippen LogP contribution in [-0.4, -0.2) is 12.2 Å². The molecule has 0 radical (unpaired) electrons. The van der Waals surface area contributed by atoms with E-state index < -0.39 is 0 Å². The topological polar surface area (TPSA) is 9.23 Å². The third-order valence-electron chi connectivity index (χ3n) is 6.72. The Balaban J connectivity index is 5.99. The van der Waals surface area contributed by atoms with Crippen molar-refractivity contribution in [3.63, 3.8) is 0 Å². The van der Waals surface area contributed by atoms with Gasteiger partial charge in [0, 0.05) is 0 Å². The molecule has 0 fully saturated rings. The fourth-order valence-electron chi connectivity index (χ4n) is 4.91. The van der Waals surface area contributed by atoms with Gasteiger partial charge in [0.25, 0.3) is 0 Å². The summed E-state index contributed by atoms with van der Waals surface area (Å²) in [5, 5.41) is 0. The SMILES string of the molecule is CCCC(C)(C)C(OC(C(C)(C)CC)C(C)(C)CCC)C(C)(C)CC. The number of hydrogen-bond donors (Lipinski definition) is 0. The Labute approximate surface area is 160 Å². The molecule has 25 heavy (non-hydrogen) atoms. The second-order valence-corrected chi connectivity index (χ2v) is 11.1. The Morgan fingerprint density at radius 1 is 0.520 bits per heavy atom. The van der Waals surface area contributed by atoms with Crippen LogP contribution >= 0.6 is 0 Å². The van der Waals surface area contributed by atoms with Gasteiger partial charge in [-0.3, -0.25) is 0 Å². The fourth-order valence-corrected chi connectivity index (χ4v) is 4.91. The predicted octanol–water partition coefficient (Wildman–Crippen LogP) is 8.27. The molecule has 0 saturated carbocycles. The highest BCUT2D eigenvalue weighted by Gasteiger charge is 2.47. The van der Waals surface area contributed by atoms with E-state index in [-0.39, 0.29) is 33.9 Å². The average molecular weight is 355 g/mol. The largest absolute Gasteiger partial charge is 0.373 e. The summed E-state index contributed by atoms with van der Waals surface area (Å²) >= 11 is 0. The second-order valence-electron chi connectivity index (χ2n) is 11.1. The smallest absolute Gasteiger partial charge is 0.0681 e. The van der Waals surface area contributed by atoms with Crippen LogP contribution in [0.4, 0.5) is 0 Å². The summed E-state index contributed by atoms with van der Waals surface area (Å²) in [6, 6.07) is 0. The third-order valence-corrected chi connectivity index (χ3v) is 6.72. The Morgan fingerprint density at radius 2 is 0.800 bits per heavy atom. The van der Waals surface area contributed by atoms with Crippen molar-refractivity contribution in [1.29, 1.82) is 0 Å². The number of rotatable bonds is 12. The minimum atomic E-state index is 0.184. The van der Waals surface area contributed by atoms with Crippen LogP contribution in [0, 0.1) is 21.7 Å². The van der Waals surface area contributed by atoms with Gasteiger partial charge in [0.05, 0.1) is 12.2 Å². The summed E-state index contributed by atoms with van der Waals surface area (Å²) in [7, 11) is 0. The maximum absolute atomic E-state index is 7.20. The van der Waals surface area contributed by atoms with Gasteiger partial charge in [-0.2, -0.15) is 0 Å². The fraction of sp³-hybridized carbons (Fsp3) is 1.00. The zero-order valence-electron chi connectivity index (χ0n) is 19.8. The summed E-state index contributed by atoms with van der Waals surface area (Å²) in [5.41, 5.74) is 0.753. The van der Waals surface area contributed by atoms with Crippen LogP contribution in [0.1, 0.15) is 122 Å². The first kappa shape index (κ1) is 25.0. The zero-order chi connectivity index (χ0) is 20.1. The number of ether oxygens (including phenoxy) is 1. The molecule has 0 saturated heterocycles. The van der Waals surface area contributed by atoms with Crippen LogP contribution in [0.3, 0.4) is 0 Å². The maximum atomic E-state index is 7.20. The summed E-state index contributed by atoms with van der Waals surface area (Å²) in [6.45, 7) is 28.5. The highest BCUT2D eigenvalue weighted by atomic mass is 16.5. The van der Waals surface area contributed by atoms with E-state index in [1.807, 2.05) is 0 Å². The van der Waals surface area contributed by atoms with Crippen LogP contribution in [0.15, 0.2) is 0 Å². The van der Waals surface area contributed by atoms with Gasteiger partial charge in [-0.05, 0) is 47.3 Å². The lowest BCUT2D eigenvalue weighted by Crippen LogP contribution is -2.52. The molecule has 0 spiro atoms. The molecule has 0 aliphatic carbocycles. The lowest BCUT2D eigenvalue weighted by Gasteiger charge is -2.52. The summed E-state index contributed by atoms with van der Waals surface area (Å²) in [4.78, 5) is 0. The van der Waals surface area contributed by atoms with E-state index in [0.717, 1.165) is 12.8 Å². The van der Waals surface area contributed by atoms with Crippen molar-refractivity contribution in [3.05, 3.63) is 0 Å². The summed E-state index contributed by atoms with van der Waals surface area (Å²) in [6.07, 6.45) is 7.72. The second kappa shape index (κ2) is 9.25. The van der Waals surface area contributed by atoms with E-state index in [4.69, 9.17) is 4.74 Å². The quantitative estimate of drug-likeness (QED) is 0.342. The van der Waals surface area contributed by atoms with Crippen LogP contribution in [0.25, 0.3) is 0 Å². The molecular formula is C24H50O. The lowest BCUT2D eigenvalue weighted by atomic mass is 9.66. The normalized spacial score (nSPS) is 16.8. The molecule has 0 aliphatic rings. The maximum Gasteiger partial charge on any atom is 0.0681 e. The Hall–Kier alpha value is -0.0400. The highest BCUT2D eigenvalue weighted by Crippen LogP contribution is 2.48. The van der Waals surface area contributed by atoms with Gasteiger partial charge >= 0.3 is 0 Å². The first-order chi connectivity index (χ1) is 11.2. The third kappa shape index (κ3) is 6.56. The Kier molecular flexibility index (Phi) is 9.23. The van der Waals surface area contributed by atoms with Crippen molar-refractivity contribution in [2.75, 3.05) is 0 Å². The van der Waals surface area contributed by atoms with Gasteiger partial charge in [-0.1, -0.05) is 95.9 Å². The zero-order valence-corrected chi connectivity index (χ0v) is 19.8. The standard InChI is InChI=1S/C24H50O/c1-13-17-23(9,10)19(21(5,6)15-3)25-20(22(7,8)16-4)24(11,12)18-14-2/h19-20H,13-18H2,1-12H3. The molecule has 2 unspecified atom stereocenters. The molecule has 0 aromatic rings. The van der Waals surface area contributed by atoms with Gasteiger partial charge in [0.1, 0.15) is 0 Å². The molecule has 0 aromatic heterocycles. The highest BCUT2D eigenvalue weighted by molar-refractivity contribution is 4.96. The molecule has 0 bridgehead atoms. The van der Waals surface area contributed by atoms with Gasteiger partial charge in [-0.15, -0.1) is 0 Å². The van der Waals surface area contributed by atoms with E-state index in [1.165, 1.54) is 25.7 Å². The predicted molar refractivity (Wildman–Crippen MR) is 114 cm³/mol. The van der Waals surface area contributed by atoms with E-state index in [1.54, 1.807) is 0 Å². The van der Waals surface area contributed by atoms with E-state index in [0.29, 0.717) is 0 Å². The molecule has 1 nitrogen and oxygen atoms in total. The van der Waals surface area contributed by atoms with Crippen molar-refractivity contribution < 1.29 is 4.74 Å². The molecule has 0 N–H and O–H groups in total. The minimum Gasteiger partial charge on any atom is -0.373 e. The molecule has 0 aromatic carbocycles. The van der Waals surface area contributed by atoms with Gasteiger partial charge in [-0.25, -0.2) is 0 Å². The van der Waals surface area contributed by atoms with Crippen molar-refractivity contribution in [3.8, 4) is 0 Å². The van der Waals surface area contributed by atoms with Crippen LogP contribution in [-0.2, 0) is 4.74 Å². The molecular weight excluding hydrogens is 304 g/mol. The monoisotopic (exact) mass is 354 g/mol. The van der Waals surface area contributed by atoms with Crippen molar-refractivity contribution in [2.45, 2.75) is 134 Å². The van der Waals surface area contributed by atoms with Crippen LogP contribution < -0.4 is 0 Å². The van der Waals surface area contributed by atoms with Gasteiger partial charge in [0.15, 0.2) is 0 Å². The minimum absolute atomic E-state index is 0.184. The Morgan fingerprint density at radius 3 is 1.00 bits per heavy atom. The summed E-state index contributed by atoms with van der Waals surface area (Å²) in [5.74, 6) is 0. The van der Waals surface area contributed by atoms with Gasteiger partial charge < -0.3 is 4.74 Å². The van der Waals surface area contributed by atoms with Crippen molar-refractivity contribution in [2.24, 2.45) is 21.7 Å². The number of hydrogen-bond acceptors (Lipinski definition) is 1. The van der Waals surface area contributed by atoms with E-state index in [9.17, 15) is 0 Å². The Bertz CT molecular complexity index is 340. The molecule has 1 heteroatoms. The first-order valence-corrected chi connectivity index (χ1v) is 10.9. The molecule has 2 atom stereocenters. The molecule has 0 amide bonds. The first-order valence-electron chi connectivity index (χ1n) is 10.9. The van der Waals surface area contributed by atoms with Gasteiger partial charge in [0.2, 0.25) is 0 Å². The lowest BCUT2D eigenvalue weighted by molar-refractivity contribution is -0.198. The molecule has 152 valence electrons. The van der Waals surface area contributed by atoms with Crippen molar-refractivity contribution in [1.82, 2.24) is 0 Å². The van der Waals surface area contributed by atoms with Crippen molar-refractivity contribution >= 4 is 0 Å². The molecule has 0 rings (SSSR count). The van der Waals surface area contributed by atoms with E-state index in [2.05, 4.69) is 83.1 Å². The summed E-state index contributed by atoms with van der Waals surface area (Å²) < 4.78 is 7.20. The van der Waals surface area contributed by atoms with E-state index >= 15 is 0 Å². The average Bonchev–Trinajstić information content (AvgIpc) is 2.46. The molecule has 0 aliphatic heterocycles. The van der Waals surface area contributed by atoms with Crippen LogP contribution in [0.5, 0.6) is 0 Å². The van der Waals surface area contributed by atoms with Crippen LogP contribution in [0.2, 0.25) is 0 Å². The molecule has 0 heterocycles.